The van der Waals surface area contributed by atoms with E-state index in [0.717, 1.165) is 5.56 Å². The van der Waals surface area contributed by atoms with Crippen LogP contribution in [0.4, 0.5) is 14.9 Å². The zero-order valence-electron chi connectivity index (χ0n) is 16.9. The van der Waals surface area contributed by atoms with E-state index in [2.05, 4.69) is 5.32 Å². The van der Waals surface area contributed by atoms with Crippen molar-refractivity contribution in [1.29, 1.82) is 0 Å². The summed E-state index contributed by atoms with van der Waals surface area (Å²) in [6, 6.07) is 15.4. The molecule has 0 aromatic heterocycles. The Morgan fingerprint density at radius 3 is 2.10 bits per heavy atom. The molecule has 2 fully saturated rings. The average Bonchev–Trinajstić information content (AvgIpc) is 2.81. The van der Waals surface area contributed by atoms with Gasteiger partial charge in [0.2, 0.25) is 5.91 Å². The number of ether oxygens (including phenoxy) is 1. The number of nitrogens with zero attached hydrogens (tertiary/aromatic N) is 2. The summed E-state index contributed by atoms with van der Waals surface area (Å²) >= 11 is 0. The summed E-state index contributed by atoms with van der Waals surface area (Å²) in [5.74, 6) is -0.226. The molecule has 30 heavy (non-hydrogen) atoms. The molecule has 2 saturated heterocycles. The molecule has 0 aliphatic carbocycles. The van der Waals surface area contributed by atoms with Crippen LogP contribution in [-0.2, 0) is 14.9 Å². The van der Waals surface area contributed by atoms with Crippen molar-refractivity contribution < 1.29 is 18.7 Å². The SMILES string of the molecule is O=C(Nc1ccc(F)cc1)N1CCN(C(=O)C2(c3ccccc3)CCOCC2)CC1. The number of piperazine rings is 1. The summed E-state index contributed by atoms with van der Waals surface area (Å²) in [6.45, 7) is 3.04. The molecule has 4 rings (SSSR count). The van der Waals surface area contributed by atoms with Crippen LogP contribution >= 0.6 is 0 Å². The minimum atomic E-state index is -0.557. The zero-order chi connectivity index (χ0) is 21.0. The highest BCUT2D eigenvalue weighted by molar-refractivity contribution is 5.90. The van der Waals surface area contributed by atoms with Crippen LogP contribution in [0.25, 0.3) is 0 Å². The first kappa shape index (κ1) is 20.3. The molecule has 1 N–H and O–H groups in total. The second kappa shape index (κ2) is 8.83. The summed E-state index contributed by atoms with van der Waals surface area (Å²) < 4.78 is 18.6. The monoisotopic (exact) mass is 411 g/mol. The van der Waals surface area contributed by atoms with Gasteiger partial charge in [-0.2, -0.15) is 0 Å². The number of carbonyl (C=O) groups is 2. The molecule has 0 unspecified atom stereocenters. The van der Waals surface area contributed by atoms with Gasteiger partial charge in [0.15, 0.2) is 0 Å². The van der Waals surface area contributed by atoms with Gasteiger partial charge in [-0.05, 0) is 42.7 Å². The molecule has 0 atom stereocenters. The Labute approximate surface area is 175 Å². The maximum atomic E-state index is 13.6. The third kappa shape index (κ3) is 4.16. The molecular formula is C23H26FN3O3. The Morgan fingerprint density at radius 2 is 1.47 bits per heavy atom. The molecule has 2 aromatic rings. The normalized spacial score (nSPS) is 18.7. The van der Waals surface area contributed by atoms with Gasteiger partial charge < -0.3 is 19.9 Å². The van der Waals surface area contributed by atoms with Crippen molar-refractivity contribution in [3.05, 3.63) is 66.0 Å². The van der Waals surface area contributed by atoms with Gasteiger partial charge in [0.05, 0.1) is 5.41 Å². The van der Waals surface area contributed by atoms with Crippen molar-refractivity contribution in [2.45, 2.75) is 18.3 Å². The van der Waals surface area contributed by atoms with Crippen molar-refractivity contribution in [2.24, 2.45) is 0 Å². The molecular weight excluding hydrogens is 385 g/mol. The lowest BCUT2D eigenvalue weighted by Gasteiger charge is -2.43. The number of amides is 3. The number of halogens is 1. The first-order valence-corrected chi connectivity index (χ1v) is 10.3. The van der Waals surface area contributed by atoms with E-state index in [9.17, 15) is 14.0 Å². The summed E-state index contributed by atoms with van der Waals surface area (Å²) in [7, 11) is 0. The fourth-order valence-corrected chi connectivity index (χ4v) is 4.25. The molecule has 2 heterocycles. The Bertz CT molecular complexity index is 874. The smallest absolute Gasteiger partial charge is 0.321 e. The van der Waals surface area contributed by atoms with E-state index >= 15 is 0 Å². The predicted octanol–water partition coefficient (Wildman–Crippen LogP) is 3.25. The van der Waals surface area contributed by atoms with Gasteiger partial charge in [-0.1, -0.05) is 30.3 Å². The fraction of sp³-hybridized carbons (Fsp3) is 0.391. The van der Waals surface area contributed by atoms with Crippen molar-refractivity contribution in [2.75, 3.05) is 44.7 Å². The van der Waals surface area contributed by atoms with Crippen LogP contribution in [0, 0.1) is 5.82 Å². The number of rotatable bonds is 3. The molecule has 0 radical (unpaired) electrons. The van der Waals surface area contributed by atoms with Crippen LogP contribution in [-0.4, -0.2) is 61.1 Å². The quantitative estimate of drug-likeness (QED) is 0.844. The minimum Gasteiger partial charge on any atom is -0.381 e. The predicted molar refractivity (Wildman–Crippen MR) is 112 cm³/mol. The molecule has 2 aliphatic heterocycles. The third-order valence-corrected chi connectivity index (χ3v) is 6.03. The lowest BCUT2D eigenvalue weighted by atomic mass is 9.73. The van der Waals surface area contributed by atoms with E-state index < -0.39 is 5.41 Å². The highest BCUT2D eigenvalue weighted by Crippen LogP contribution is 2.37. The van der Waals surface area contributed by atoms with Crippen LogP contribution in [0.15, 0.2) is 54.6 Å². The Kier molecular flexibility index (Phi) is 5.99. The largest absolute Gasteiger partial charge is 0.381 e. The van der Waals surface area contributed by atoms with E-state index in [4.69, 9.17) is 4.74 Å². The van der Waals surface area contributed by atoms with E-state index in [-0.39, 0.29) is 17.8 Å². The Hall–Kier alpha value is -2.93. The lowest BCUT2D eigenvalue weighted by molar-refractivity contribution is -0.142. The number of carbonyl (C=O) groups excluding carboxylic acids is 2. The molecule has 0 bridgehead atoms. The summed E-state index contributed by atoms with van der Waals surface area (Å²) in [6.07, 6.45) is 1.34. The number of benzene rings is 2. The van der Waals surface area contributed by atoms with Crippen LogP contribution < -0.4 is 5.32 Å². The van der Waals surface area contributed by atoms with Crippen molar-refractivity contribution in [1.82, 2.24) is 9.80 Å². The van der Waals surface area contributed by atoms with Gasteiger partial charge in [-0.3, -0.25) is 4.79 Å². The number of urea groups is 1. The van der Waals surface area contributed by atoms with E-state index in [1.807, 2.05) is 35.2 Å². The average molecular weight is 411 g/mol. The third-order valence-electron chi connectivity index (χ3n) is 6.03. The summed E-state index contributed by atoms with van der Waals surface area (Å²) in [5, 5.41) is 2.78. The number of nitrogens with one attached hydrogen (secondary N) is 1. The van der Waals surface area contributed by atoms with Crippen molar-refractivity contribution in [3.8, 4) is 0 Å². The second-order valence-corrected chi connectivity index (χ2v) is 7.78. The van der Waals surface area contributed by atoms with Gasteiger partial charge in [0.1, 0.15) is 5.82 Å². The first-order valence-electron chi connectivity index (χ1n) is 10.3. The maximum absolute atomic E-state index is 13.6. The van der Waals surface area contributed by atoms with E-state index in [1.165, 1.54) is 24.3 Å². The standard InChI is InChI=1S/C23H26FN3O3/c24-19-6-8-20(9-7-19)25-22(29)27-14-12-26(13-15-27)21(28)23(10-16-30-17-11-23)18-4-2-1-3-5-18/h1-9H,10-17H2,(H,25,29). The van der Waals surface area contributed by atoms with Crippen LogP contribution in [0.2, 0.25) is 0 Å². The van der Waals surface area contributed by atoms with Gasteiger partial charge in [-0.25, -0.2) is 9.18 Å². The maximum Gasteiger partial charge on any atom is 0.321 e. The second-order valence-electron chi connectivity index (χ2n) is 7.78. The molecule has 2 aliphatic rings. The molecule has 6 nitrogen and oxygen atoms in total. The van der Waals surface area contributed by atoms with Gasteiger partial charge >= 0.3 is 6.03 Å². The molecule has 0 spiro atoms. The Morgan fingerprint density at radius 1 is 0.867 bits per heavy atom. The molecule has 3 amide bonds. The molecule has 0 saturated carbocycles. The topological polar surface area (TPSA) is 61.9 Å². The van der Waals surface area contributed by atoms with Gasteiger partial charge in [-0.15, -0.1) is 0 Å². The highest BCUT2D eigenvalue weighted by Gasteiger charge is 2.44. The Balaban J connectivity index is 1.40. The number of hydrogen-bond donors (Lipinski definition) is 1. The first-order chi connectivity index (χ1) is 14.6. The van der Waals surface area contributed by atoms with Crippen molar-refractivity contribution in [3.63, 3.8) is 0 Å². The van der Waals surface area contributed by atoms with Crippen LogP contribution in [0.1, 0.15) is 18.4 Å². The highest BCUT2D eigenvalue weighted by atomic mass is 19.1. The number of hydrogen-bond acceptors (Lipinski definition) is 3. The zero-order valence-corrected chi connectivity index (χ0v) is 16.9. The lowest BCUT2D eigenvalue weighted by Crippen LogP contribution is -2.57. The summed E-state index contributed by atoms with van der Waals surface area (Å²) in [4.78, 5) is 29.7. The molecule has 158 valence electrons. The van der Waals surface area contributed by atoms with Crippen LogP contribution in [0.3, 0.4) is 0 Å². The summed E-state index contributed by atoms with van der Waals surface area (Å²) in [5.41, 5.74) is 1.03. The van der Waals surface area contributed by atoms with E-state index in [1.54, 1.807) is 4.90 Å². The number of anilines is 1. The molecule has 2 aromatic carbocycles. The van der Waals surface area contributed by atoms with Crippen LogP contribution in [0.5, 0.6) is 0 Å². The minimum absolute atomic E-state index is 0.121. The fourth-order valence-electron chi connectivity index (χ4n) is 4.25. The van der Waals surface area contributed by atoms with Gasteiger partial charge in [0, 0.05) is 45.1 Å². The molecule has 7 heteroatoms. The van der Waals surface area contributed by atoms with E-state index in [0.29, 0.717) is 57.9 Å². The van der Waals surface area contributed by atoms with Crippen molar-refractivity contribution >= 4 is 17.6 Å². The van der Waals surface area contributed by atoms with Gasteiger partial charge in [0.25, 0.3) is 0 Å².